The number of amides is 1. The minimum Gasteiger partial charge on any atom is -0.460 e. The second-order valence-electron chi connectivity index (χ2n) is 7.86. The van der Waals surface area contributed by atoms with Gasteiger partial charge in [-0.15, -0.1) is 5.10 Å². The highest BCUT2D eigenvalue weighted by Crippen LogP contribution is 2.33. The van der Waals surface area contributed by atoms with Gasteiger partial charge in [0.2, 0.25) is 6.79 Å². The van der Waals surface area contributed by atoms with Crippen LogP contribution in [0.15, 0.2) is 66.7 Å². The van der Waals surface area contributed by atoms with Crippen molar-refractivity contribution in [2.24, 2.45) is 0 Å². The lowest BCUT2D eigenvalue weighted by molar-refractivity contribution is 0.102. The predicted molar refractivity (Wildman–Crippen MR) is 129 cm³/mol. The van der Waals surface area contributed by atoms with Gasteiger partial charge in [0.25, 0.3) is 5.91 Å². The molecule has 0 fully saturated rings. The Bertz CT molecular complexity index is 1350. The highest BCUT2D eigenvalue weighted by Gasteiger charge is 2.18. The molecule has 4 aromatic rings. The number of methoxy groups -OCH3 is 1. The summed E-state index contributed by atoms with van der Waals surface area (Å²) >= 11 is 0. The number of benzene rings is 3. The normalized spacial score (nSPS) is 11.9. The zero-order valence-corrected chi connectivity index (χ0v) is 19.4. The Morgan fingerprint density at radius 3 is 2.63 bits per heavy atom. The maximum atomic E-state index is 12.7. The van der Waals surface area contributed by atoms with Crippen LogP contribution in [0.5, 0.6) is 17.5 Å². The fourth-order valence-electron chi connectivity index (χ4n) is 3.68. The Morgan fingerprint density at radius 1 is 1.03 bits per heavy atom. The van der Waals surface area contributed by atoms with Crippen LogP contribution in [0, 0.1) is 6.92 Å². The van der Waals surface area contributed by atoms with Crippen LogP contribution >= 0.6 is 0 Å². The first kappa shape index (κ1) is 22.4. The van der Waals surface area contributed by atoms with Gasteiger partial charge in [0.15, 0.2) is 17.3 Å². The van der Waals surface area contributed by atoms with Gasteiger partial charge in [0, 0.05) is 23.9 Å². The summed E-state index contributed by atoms with van der Waals surface area (Å²) in [5.41, 5.74) is 3.91. The lowest BCUT2D eigenvalue weighted by Crippen LogP contribution is -2.12. The molecule has 0 aliphatic carbocycles. The monoisotopic (exact) mass is 472 g/mol. The van der Waals surface area contributed by atoms with Crippen molar-refractivity contribution in [3.8, 4) is 34.6 Å². The van der Waals surface area contributed by atoms with Crippen LogP contribution in [-0.4, -0.2) is 47.8 Å². The average Bonchev–Trinajstić information content (AvgIpc) is 3.52. The van der Waals surface area contributed by atoms with Crippen molar-refractivity contribution >= 4 is 11.6 Å². The number of carbonyl (C=O) groups is 1. The number of fused-ring (bicyclic) bond motifs is 1. The van der Waals surface area contributed by atoms with Gasteiger partial charge in [-0.05, 0) is 55.0 Å². The molecule has 2 heterocycles. The maximum Gasteiger partial charge on any atom is 0.336 e. The molecule has 178 valence electrons. The molecule has 9 nitrogen and oxygen atoms in total. The molecule has 0 saturated carbocycles. The van der Waals surface area contributed by atoms with Gasteiger partial charge < -0.3 is 24.3 Å². The van der Waals surface area contributed by atoms with Gasteiger partial charge in [-0.25, -0.2) is 4.68 Å². The Morgan fingerprint density at radius 2 is 1.83 bits per heavy atom. The zero-order chi connectivity index (χ0) is 24.2. The molecule has 1 N–H and O–H groups in total. The number of hydrogen-bond acceptors (Lipinski definition) is 7. The van der Waals surface area contributed by atoms with E-state index in [0.29, 0.717) is 41.8 Å². The van der Waals surface area contributed by atoms with Crippen LogP contribution in [0.2, 0.25) is 0 Å². The fraction of sp³-hybridized carbons (Fsp3) is 0.192. The van der Waals surface area contributed by atoms with Gasteiger partial charge in [0.1, 0.15) is 6.61 Å². The molecule has 5 rings (SSSR count). The summed E-state index contributed by atoms with van der Waals surface area (Å²) in [4.78, 5) is 17.3. The number of aromatic nitrogens is 3. The molecule has 1 amide bonds. The van der Waals surface area contributed by atoms with Crippen LogP contribution < -0.4 is 19.5 Å². The zero-order valence-electron chi connectivity index (χ0n) is 19.4. The average molecular weight is 473 g/mol. The van der Waals surface area contributed by atoms with E-state index in [2.05, 4.69) is 15.4 Å². The molecule has 0 unspecified atom stereocenters. The maximum absolute atomic E-state index is 12.7. The molecule has 0 atom stereocenters. The molecular weight excluding hydrogens is 448 g/mol. The standard InChI is InChI=1S/C26H24N4O5/c1-17-5-3-4-6-21(17)24-28-26(33-14-13-32-2)29-30(24)20-10-8-19(9-11-20)27-25(31)18-7-12-22-23(15-18)35-16-34-22/h3-12,15H,13-14,16H2,1-2H3,(H,27,31). The molecule has 0 radical (unpaired) electrons. The predicted octanol–water partition coefficient (Wildman–Crippen LogP) is 4.25. The molecule has 35 heavy (non-hydrogen) atoms. The minimum absolute atomic E-state index is 0.160. The fourth-order valence-corrected chi connectivity index (χ4v) is 3.68. The van der Waals surface area contributed by atoms with E-state index in [1.807, 2.05) is 55.5 Å². The second kappa shape index (κ2) is 9.86. The van der Waals surface area contributed by atoms with E-state index in [0.717, 1.165) is 16.8 Å². The molecule has 0 spiro atoms. The molecule has 9 heteroatoms. The Balaban J connectivity index is 1.39. The second-order valence-corrected chi connectivity index (χ2v) is 7.86. The first-order chi connectivity index (χ1) is 17.1. The van der Waals surface area contributed by atoms with Crippen LogP contribution in [-0.2, 0) is 4.74 Å². The number of carbonyl (C=O) groups excluding carboxylic acids is 1. The summed E-state index contributed by atoms with van der Waals surface area (Å²) < 4.78 is 23.1. The van der Waals surface area contributed by atoms with Gasteiger partial charge in [-0.3, -0.25) is 4.79 Å². The number of ether oxygens (including phenoxy) is 4. The van der Waals surface area contributed by atoms with E-state index in [1.54, 1.807) is 30.0 Å². The van der Waals surface area contributed by atoms with Crippen LogP contribution in [0.3, 0.4) is 0 Å². The highest BCUT2D eigenvalue weighted by atomic mass is 16.7. The largest absolute Gasteiger partial charge is 0.460 e. The van der Waals surface area contributed by atoms with Crippen LogP contribution in [0.4, 0.5) is 5.69 Å². The topological polar surface area (TPSA) is 96.7 Å². The number of hydrogen-bond donors (Lipinski definition) is 1. The summed E-state index contributed by atoms with van der Waals surface area (Å²) in [5.74, 6) is 1.61. The van der Waals surface area contributed by atoms with Crippen molar-refractivity contribution < 1.29 is 23.7 Å². The van der Waals surface area contributed by atoms with Crippen molar-refractivity contribution in [2.45, 2.75) is 6.92 Å². The molecule has 3 aromatic carbocycles. The Hall–Kier alpha value is -4.37. The first-order valence-corrected chi connectivity index (χ1v) is 11.1. The van der Waals surface area contributed by atoms with E-state index >= 15 is 0 Å². The third-order valence-corrected chi connectivity index (χ3v) is 5.50. The van der Waals surface area contributed by atoms with Crippen molar-refractivity contribution in [1.82, 2.24) is 14.8 Å². The molecule has 0 saturated heterocycles. The number of nitrogens with one attached hydrogen (secondary N) is 1. The number of rotatable bonds is 8. The third kappa shape index (κ3) is 4.80. The minimum atomic E-state index is -0.244. The van der Waals surface area contributed by atoms with Crippen molar-refractivity contribution in [2.75, 3.05) is 32.4 Å². The lowest BCUT2D eigenvalue weighted by Gasteiger charge is -2.10. The number of aryl methyl sites for hydroxylation is 1. The highest BCUT2D eigenvalue weighted by molar-refractivity contribution is 6.04. The molecule has 1 aliphatic rings. The number of nitrogens with zero attached hydrogens (tertiary/aromatic N) is 3. The van der Waals surface area contributed by atoms with Gasteiger partial charge in [-0.2, -0.15) is 4.98 Å². The van der Waals surface area contributed by atoms with Gasteiger partial charge in [-0.1, -0.05) is 24.3 Å². The van der Waals surface area contributed by atoms with E-state index < -0.39 is 0 Å². The van der Waals surface area contributed by atoms with Crippen LogP contribution in [0.25, 0.3) is 17.1 Å². The Labute approximate surface area is 202 Å². The van der Waals surface area contributed by atoms with Gasteiger partial charge >= 0.3 is 6.01 Å². The smallest absolute Gasteiger partial charge is 0.336 e. The Kier molecular flexibility index (Phi) is 6.32. The third-order valence-electron chi connectivity index (χ3n) is 5.50. The van der Waals surface area contributed by atoms with E-state index in [4.69, 9.17) is 18.9 Å². The molecule has 1 aliphatic heterocycles. The quantitative estimate of drug-likeness (QED) is 0.383. The summed E-state index contributed by atoms with van der Waals surface area (Å²) in [7, 11) is 1.61. The summed E-state index contributed by atoms with van der Waals surface area (Å²) in [6, 6.07) is 20.7. The van der Waals surface area contributed by atoms with E-state index in [1.165, 1.54) is 0 Å². The molecule has 0 bridgehead atoms. The van der Waals surface area contributed by atoms with Crippen LogP contribution in [0.1, 0.15) is 15.9 Å². The van der Waals surface area contributed by atoms with E-state index in [-0.39, 0.29) is 18.7 Å². The summed E-state index contributed by atoms with van der Waals surface area (Å²) in [6.45, 7) is 2.97. The van der Waals surface area contributed by atoms with Crippen molar-refractivity contribution in [3.05, 3.63) is 77.9 Å². The lowest BCUT2D eigenvalue weighted by atomic mass is 10.1. The van der Waals surface area contributed by atoms with Crippen molar-refractivity contribution in [1.29, 1.82) is 0 Å². The first-order valence-electron chi connectivity index (χ1n) is 11.1. The van der Waals surface area contributed by atoms with Gasteiger partial charge in [0.05, 0.1) is 12.3 Å². The van der Waals surface area contributed by atoms with E-state index in [9.17, 15) is 4.79 Å². The summed E-state index contributed by atoms with van der Waals surface area (Å²) in [5, 5.41) is 7.46. The molecule has 1 aromatic heterocycles. The number of anilines is 1. The van der Waals surface area contributed by atoms with Crippen molar-refractivity contribution in [3.63, 3.8) is 0 Å². The summed E-state index contributed by atoms with van der Waals surface area (Å²) in [6.07, 6.45) is 0. The SMILES string of the molecule is COCCOc1nc(-c2ccccc2C)n(-c2ccc(NC(=O)c3ccc4c(c3)OCO4)cc2)n1. The molecular formula is C26H24N4O5.